The Hall–Kier alpha value is -1.68. The van der Waals surface area contributed by atoms with Gasteiger partial charge in [0, 0.05) is 17.5 Å². The van der Waals surface area contributed by atoms with Gasteiger partial charge in [-0.15, -0.1) is 11.3 Å². The van der Waals surface area contributed by atoms with Crippen molar-refractivity contribution in [2.75, 3.05) is 0 Å². The van der Waals surface area contributed by atoms with Gasteiger partial charge in [0.2, 0.25) is 0 Å². The fourth-order valence-corrected chi connectivity index (χ4v) is 3.19. The number of carboxylic acid groups (broad SMARTS) is 1. The lowest BCUT2D eigenvalue weighted by Gasteiger charge is -1.99. The minimum atomic E-state index is -0.744. The van der Waals surface area contributed by atoms with E-state index in [1.165, 1.54) is 0 Å². The molecular formula is C16H18O3S. The smallest absolute Gasteiger partial charge is 0.303 e. The molecule has 0 saturated carbocycles. The molecule has 106 valence electrons. The lowest BCUT2D eigenvalue weighted by molar-refractivity contribution is -0.137. The number of carbonyl (C=O) groups is 2. The van der Waals surface area contributed by atoms with Crippen molar-refractivity contribution in [3.63, 3.8) is 0 Å². The molecule has 0 aliphatic rings. The van der Waals surface area contributed by atoms with Gasteiger partial charge in [-0.3, -0.25) is 9.59 Å². The van der Waals surface area contributed by atoms with E-state index in [0.29, 0.717) is 12.8 Å². The van der Waals surface area contributed by atoms with Crippen molar-refractivity contribution in [2.24, 2.45) is 0 Å². The van der Waals surface area contributed by atoms with Gasteiger partial charge < -0.3 is 5.11 Å². The molecule has 2 rings (SSSR count). The average molecular weight is 290 g/mol. The van der Waals surface area contributed by atoms with E-state index < -0.39 is 5.97 Å². The van der Waals surface area contributed by atoms with Gasteiger partial charge >= 0.3 is 5.97 Å². The van der Waals surface area contributed by atoms with Crippen molar-refractivity contribution in [3.8, 4) is 0 Å². The quantitative estimate of drug-likeness (QED) is 0.575. The van der Waals surface area contributed by atoms with Crippen LogP contribution >= 0.6 is 11.3 Å². The summed E-state index contributed by atoms with van der Waals surface area (Å²) < 4.78 is 1.15. The van der Waals surface area contributed by atoms with Crippen LogP contribution in [0.15, 0.2) is 30.3 Å². The van der Waals surface area contributed by atoms with Crippen molar-refractivity contribution in [1.82, 2.24) is 0 Å². The molecule has 0 aliphatic carbocycles. The molecule has 0 saturated heterocycles. The summed E-state index contributed by atoms with van der Waals surface area (Å²) in [6, 6.07) is 9.98. The van der Waals surface area contributed by atoms with E-state index >= 15 is 0 Å². The summed E-state index contributed by atoms with van der Waals surface area (Å²) in [6.07, 6.45) is 4.12. The molecule has 0 radical (unpaired) electrons. The van der Waals surface area contributed by atoms with Crippen molar-refractivity contribution in [1.29, 1.82) is 0 Å². The molecule has 1 heterocycles. The topological polar surface area (TPSA) is 54.4 Å². The number of aliphatic carboxylic acids is 1. The molecule has 3 nitrogen and oxygen atoms in total. The third-order valence-electron chi connectivity index (χ3n) is 3.24. The molecule has 20 heavy (non-hydrogen) atoms. The predicted molar refractivity (Wildman–Crippen MR) is 81.5 cm³/mol. The van der Waals surface area contributed by atoms with Crippen molar-refractivity contribution in [3.05, 3.63) is 35.2 Å². The van der Waals surface area contributed by atoms with Gasteiger partial charge in [-0.25, -0.2) is 0 Å². The van der Waals surface area contributed by atoms with Crippen LogP contribution in [0.4, 0.5) is 0 Å². The highest BCUT2D eigenvalue weighted by atomic mass is 32.1. The molecule has 1 aromatic heterocycles. The maximum absolute atomic E-state index is 12.1. The number of thiophene rings is 1. The molecule has 4 heteroatoms. The molecule has 0 spiro atoms. The van der Waals surface area contributed by atoms with Gasteiger partial charge in [0.15, 0.2) is 5.78 Å². The van der Waals surface area contributed by atoms with E-state index in [1.807, 2.05) is 30.3 Å². The normalized spacial score (nSPS) is 10.8. The third-order valence-corrected chi connectivity index (χ3v) is 4.40. The van der Waals surface area contributed by atoms with Gasteiger partial charge in [0.25, 0.3) is 0 Å². The lowest BCUT2D eigenvalue weighted by Crippen LogP contribution is -1.96. The molecule has 1 N–H and O–H groups in total. The molecule has 0 bridgehead atoms. The Kier molecular flexibility index (Phi) is 5.30. The third kappa shape index (κ3) is 4.17. The van der Waals surface area contributed by atoms with E-state index in [1.54, 1.807) is 11.3 Å². The van der Waals surface area contributed by atoms with Gasteiger partial charge in [-0.1, -0.05) is 31.0 Å². The number of rotatable bonds is 8. The van der Waals surface area contributed by atoms with Gasteiger partial charge in [-0.05, 0) is 30.4 Å². The molecular weight excluding hydrogens is 272 g/mol. The molecule has 0 amide bonds. The molecule has 0 unspecified atom stereocenters. The first-order valence-corrected chi connectivity index (χ1v) is 7.72. The second kappa shape index (κ2) is 7.20. The Bertz CT molecular complexity index is 568. The fourth-order valence-electron chi connectivity index (χ4n) is 2.16. The second-order valence-corrected chi connectivity index (χ2v) is 5.96. The van der Waals surface area contributed by atoms with E-state index in [2.05, 4.69) is 0 Å². The summed E-state index contributed by atoms with van der Waals surface area (Å²) in [5.41, 5.74) is 0. The molecule has 2 aromatic rings. The maximum atomic E-state index is 12.1. The SMILES string of the molecule is O=C(O)CCCCCCC(=O)c1cc2ccccc2s1. The Labute approximate surface area is 122 Å². The number of fused-ring (bicyclic) bond motifs is 1. The number of carbonyl (C=O) groups excluding carboxylic acids is 1. The second-order valence-electron chi connectivity index (χ2n) is 4.88. The Morgan fingerprint density at radius 1 is 1.00 bits per heavy atom. The zero-order chi connectivity index (χ0) is 14.4. The van der Waals surface area contributed by atoms with Gasteiger partial charge in [-0.2, -0.15) is 0 Å². The van der Waals surface area contributed by atoms with Crippen LogP contribution in [0, 0.1) is 0 Å². The van der Waals surface area contributed by atoms with Gasteiger partial charge in [0.1, 0.15) is 0 Å². The fraction of sp³-hybridized carbons (Fsp3) is 0.375. The molecule has 0 atom stereocenters. The number of carboxylic acids is 1. The monoisotopic (exact) mass is 290 g/mol. The number of hydrogen-bond donors (Lipinski definition) is 1. The molecule has 0 fully saturated rings. The van der Waals surface area contributed by atoms with Crippen LogP contribution < -0.4 is 0 Å². The number of benzene rings is 1. The van der Waals surface area contributed by atoms with Crippen LogP contribution in [0.1, 0.15) is 48.2 Å². The number of ketones is 1. The van der Waals surface area contributed by atoms with Crippen LogP contribution in [0.2, 0.25) is 0 Å². The standard InChI is InChI=1S/C16H18O3S/c17-13(8-3-1-2-4-10-16(18)19)15-11-12-7-5-6-9-14(12)20-15/h5-7,9,11H,1-4,8,10H2,(H,18,19). The van der Waals surface area contributed by atoms with E-state index in [4.69, 9.17) is 5.11 Å². The molecule has 0 aliphatic heterocycles. The summed E-state index contributed by atoms with van der Waals surface area (Å²) >= 11 is 1.55. The Morgan fingerprint density at radius 3 is 2.40 bits per heavy atom. The number of unbranched alkanes of at least 4 members (excludes halogenated alkanes) is 3. The lowest BCUT2D eigenvalue weighted by atomic mass is 10.1. The average Bonchev–Trinajstić information content (AvgIpc) is 2.86. The Balaban J connectivity index is 1.76. The number of hydrogen-bond acceptors (Lipinski definition) is 3. The highest BCUT2D eigenvalue weighted by molar-refractivity contribution is 7.20. The Morgan fingerprint density at radius 2 is 1.70 bits per heavy atom. The van der Waals surface area contributed by atoms with Crippen LogP contribution in [-0.2, 0) is 4.79 Å². The zero-order valence-electron chi connectivity index (χ0n) is 11.3. The number of Topliss-reactive ketones (excluding diaryl/α,β-unsaturated/α-hetero) is 1. The van der Waals surface area contributed by atoms with E-state index in [0.717, 1.165) is 34.2 Å². The summed E-state index contributed by atoms with van der Waals surface area (Å²) in [5, 5.41) is 9.65. The van der Waals surface area contributed by atoms with E-state index in [9.17, 15) is 9.59 Å². The van der Waals surface area contributed by atoms with Crippen LogP contribution in [0.25, 0.3) is 10.1 Å². The van der Waals surface area contributed by atoms with Crippen molar-refractivity contribution >= 4 is 33.2 Å². The summed E-state index contributed by atoms with van der Waals surface area (Å²) in [6.45, 7) is 0. The van der Waals surface area contributed by atoms with Crippen LogP contribution in [-0.4, -0.2) is 16.9 Å². The minimum Gasteiger partial charge on any atom is -0.481 e. The van der Waals surface area contributed by atoms with E-state index in [-0.39, 0.29) is 12.2 Å². The van der Waals surface area contributed by atoms with Gasteiger partial charge in [0.05, 0.1) is 4.88 Å². The first kappa shape index (κ1) is 14.7. The molecule has 1 aromatic carbocycles. The zero-order valence-corrected chi connectivity index (χ0v) is 12.1. The van der Waals surface area contributed by atoms with Crippen molar-refractivity contribution < 1.29 is 14.7 Å². The highest BCUT2D eigenvalue weighted by Crippen LogP contribution is 2.26. The summed E-state index contributed by atoms with van der Waals surface area (Å²) in [5.74, 6) is -0.546. The highest BCUT2D eigenvalue weighted by Gasteiger charge is 2.09. The predicted octanol–water partition coefficient (Wildman–Crippen LogP) is 4.51. The largest absolute Gasteiger partial charge is 0.481 e. The van der Waals surface area contributed by atoms with Crippen LogP contribution in [0.3, 0.4) is 0 Å². The summed E-state index contributed by atoms with van der Waals surface area (Å²) in [4.78, 5) is 23.3. The maximum Gasteiger partial charge on any atom is 0.303 e. The first-order chi connectivity index (χ1) is 9.66. The van der Waals surface area contributed by atoms with Crippen LogP contribution in [0.5, 0.6) is 0 Å². The van der Waals surface area contributed by atoms with Crippen molar-refractivity contribution in [2.45, 2.75) is 38.5 Å². The minimum absolute atomic E-state index is 0.199. The summed E-state index contributed by atoms with van der Waals surface area (Å²) in [7, 11) is 0. The first-order valence-electron chi connectivity index (χ1n) is 6.90.